The van der Waals surface area contributed by atoms with Crippen LogP contribution in [0.25, 0.3) is 16.7 Å². The molecule has 36 heavy (non-hydrogen) atoms. The Kier molecular flexibility index (Phi) is 7.58. The van der Waals surface area contributed by atoms with E-state index in [2.05, 4.69) is 44.3 Å². The zero-order chi connectivity index (χ0) is 24.7. The Morgan fingerprint density at radius 2 is 1.94 bits per heavy atom. The van der Waals surface area contributed by atoms with Crippen LogP contribution in [0.15, 0.2) is 55.0 Å². The van der Waals surface area contributed by atoms with Gasteiger partial charge in [-0.3, -0.25) is 4.90 Å². The highest BCUT2D eigenvalue weighted by Crippen LogP contribution is 2.29. The van der Waals surface area contributed by atoms with Gasteiger partial charge in [0.15, 0.2) is 17.1 Å². The third-order valence-electron chi connectivity index (χ3n) is 6.28. The van der Waals surface area contributed by atoms with Gasteiger partial charge in [0.05, 0.1) is 44.2 Å². The van der Waals surface area contributed by atoms with Crippen LogP contribution in [0.4, 0.5) is 5.82 Å². The lowest BCUT2D eigenvalue weighted by atomic mass is 10.2. The van der Waals surface area contributed by atoms with E-state index >= 15 is 0 Å². The first kappa shape index (κ1) is 24.0. The number of aryl methyl sites for hydroxylation is 1. The predicted octanol–water partition coefficient (Wildman–Crippen LogP) is 3.85. The molecule has 0 radical (unpaired) electrons. The van der Waals surface area contributed by atoms with Crippen molar-refractivity contribution in [2.24, 2.45) is 0 Å². The number of rotatable bonds is 10. The molecule has 1 fully saturated rings. The Balaban J connectivity index is 1.24. The fourth-order valence-corrected chi connectivity index (χ4v) is 4.36. The molecule has 9 nitrogen and oxygen atoms in total. The number of hydrogen-bond acceptors (Lipinski definition) is 8. The van der Waals surface area contributed by atoms with Gasteiger partial charge < -0.3 is 19.5 Å². The van der Waals surface area contributed by atoms with Crippen molar-refractivity contribution in [2.45, 2.75) is 19.9 Å². The Morgan fingerprint density at radius 1 is 1.06 bits per heavy atom. The van der Waals surface area contributed by atoms with Crippen LogP contribution in [0.3, 0.4) is 0 Å². The lowest BCUT2D eigenvalue weighted by Crippen LogP contribution is -2.37. The predicted molar refractivity (Wildman–Crippen MR) is 139 cm³/mol. The van der Waals surface area contributed by atoms with Crippen LogP contribution in [0, 0.1) is 6.92 Å². The van der Waals surface area contributed by atoms with Crippen molar-refractivity contribution in [3.63, 3.8) is 0 Å². The van der Waals surface area contributed by atoms with Gasteiger partial charge in [0.1, 0.15) is 12.1 Å². The molecule has 0 atom stereocenters. The number of benzene rings is 2. The second-order valence-electron chi connectivity index (χ2n) is 8.85. The van der Waals surface area contributed by atoms with Gasteiger partial charge in [-0.25, -0.2) is 14.6 Å². The highest BCUT2D eigenvalue weighted by atomic mass is 16.5. The number of fused-ring (bicyclic) bond motifs is 1. The average molecular weight is 489 g/mol. The fraction of sp³-hybridized carbons (Fsp3) is 0.370. The molecule has 0 unspecified atom stereocenters. The second kappa shape index (κ2) is 11.4. The molecule has 0 amide bonds. The summed E-state index contributed by atoms with van der Waals surface area (Å²) in [5.74, 6) is 2.22. The van der Waals surface area contributed by atoms with Crippen molar-refractivity contribution in [3.8, 4) is 17.2 Å². The summed E-state index contributed by atoms with van der Waals surface area (Å²) in [6.07, 6.45) is 4.32. The van der Waals surface area contributed by atoms with Crippen molar-refractivity contribution in [3.05, 3.63) is 66.1 Å². The third-order valence-corrected chi connectivity index (χ3v) is 6.28. The minimum atomic E-state index is 0.579. The van der Waals surface area contributed by atoms with Crippen LogP contribution in [0.2, 0.25) is 0 Å². The number of morpholine rings is 1. The number of aromatic nitrogens is 4. The molecule has 2 aromatic heterocycles. The summed E-state index contributed by atoms with van der Waals surface area (Å²) < 4.78 is 18.9. The highest BCUT2D eigenvalue weighted by molar-refractivity contribution is 5.87. The maximum atomic E-state index is 6.09. The van der Waals surface area contributed by atoms with Gasteiger partial charge in [0, 0.05) is 26.2 Å². The van der Waals surface area contributed by atoms with E-state index in [0.717, 1.165) is 78.9 Å². The molecule has 4 aromatic rings. The number of nitrogens with one attached hydrogen (secondary N) is 1. The minimum absolute atomic E-state index is 0.579. The molecule has 9 heteroatoms. The lowest BCUT2D eigenvalue weighted by Gasteiger charge is -2.26. The number of ether oxygens (including phenoxy) is 3. The molecular weight excluding hydrogens is 456 g/mol. The second-order valence-corrected chi connectivity index (χ2v) is 8.85. The monoisotopic (exact) mass is 488 g/mol. The van der Waals surface area contributed by atoms with Gasteiger partial charge in [0.25, 0.3) is 0 Å². The van der Waals surface area contributed by atoms with E-state index < -0.39 is 0 Å². The molecule has 0 aliphatic carbocycles. The first-order valence-corrected chi connectivity index (χ1v) is 12.3. The van der Waals surface area contributed by atoms with Gasteiger partial charge in [-0.1, -0.05) is 18.2 Å². The highest BCUT2D eigenvalue weighted by Gasteiger charge is 2.13. The topological polar surface area (TPSA) is 86.6 Å². The molecule has 0 bridgehead atoms. The van der Waals surface area contributed by atoms with E-state index in [0.29, 0.717) is 13.2 Å². The minimum Gasteiger partial charge on any atom is -0.493 e. The van der Waals surface area contributed by atoms with Crippen molar-refractivity contribution in [1.82, 2.24) is 24.6 Å². The zero-order valence-electron chi connectivity index (χ0n) is 20.8. The Hall–Kier alpha value is -3.69. The number of hydrogen-bond donors (Lipinski definition) is 1. The van der Waals surface area contributed by atoms with E-state index in [-0.39, 0.29) is 0 Å². The molecule has 1 N–H and O–H groups in total. The Labute approximate surface area is 211 Å². The van der Waals surface area contributed by atoms with Crippen LogP contribution in [0.1, 0.15) is 17.5 Å². The maximum Gasteiger partial charge on any atom is 0.168 e. The molecular formula is C27H32N6O3. The normalized spacial score (nSPS) is 14.2. The summed E-state index contributed by atoms with van der Waals surface area (Å²) in [5, 5.41) is 8.87. The van der Waals surface area contributed by atoms with Gasteiger partial charge in [-0.05, 0) is 48.7 Å². The van der Waals surface area contributed by atoms with E-state index in [1.807, 2.05) is 35.0 Å². The molecule has 3 heterocycles. The largest absolute Gasteiger partial charge is 0.493 e. The summed E-state index contributed by atoms with van der Waals surface area (Å²) in [7, 11) is 1.66. The van der Waals surface area contributed by atoms with E-state index in [1.54, 1.807) is 19.6 Å². The quantitative estimate of drug-likeness (QED) is 0.337. The Morgan fingerprint density at radius 3 is 2.78 bits per heavy atom. The molecule has 188 valence electrons. The number of nitrogens with zero attached hydrogens (tertiary/aromatic N) is 5. The SMILES string of the molecule is COc1ccc(CNc2ncnc3c2cnn3-c2cccc(C)c2)cc1OCCCN1CCOCC1. The maximum absolute atomic E-state index is 6.09. The van der Waals surface area contributed by atoms with Crippen LogP contribution in [-0.4, -0.2) is 71.2 Å². The van der Waals surface area contributed by atoms with E-state index in [1.165, 1.54) is 5.56 Å². The van der Waals surface area contributed by atoms with Crippen molar-refractivity contribution >= 4 is 16.9 Å². The van der Waals surface area contributed by atoms with Gasteiger partial charge in [-0.15, -0.1) is 0 Å². The fourth-order valence-electron chi connectivity index (χ4n) is 4.36. The summed E-state index contributed by atoms with van der Waals surface area (Å²) in [5.41, 5.74) is 3.97. The molecule has 2 aromatic carbocycles. The number of methoxy groups -OCH3 is 1. The number of anilines is 1. The third kappa shape index (κ3) is 5.58. The molecule has 0 saturated carbocycles. The standard InChI is InChI=1S/C27H32N6O3/c1-20-5-3-6-22(15-20)33-27-23(18-31-33)26(29-19-30-27)28-17-21-7-8-24(34-2)25(16-21)36-12-4-9-32-10-13-35-14-11-32/h3,5-8,15-16,18-19H,4,9-14,17H2,1-2H3,(H,28,29,30). The van der Waals surface area contributed by atoms with Crippen molar-refractivity contribution < 1.29 is 14.2 Å². The molecule has 1 saturated heterocycles. The summed E-state index contributed by atoms with van der Waals surface area (Å²) in [6, 6.07) is 14.2. The molecule has 1 aliphatic rings. The van der Waals surface area contributed by atoms with Crippen LogP contribution < -0.4 is 14.8 Å². The first-order valence-electron chi connectivity index (χ1n) is 12.3. The average Bonchev–Trinajstić information content (AvgIpc) is 3.35. The van der Waals surface area contributed by atoms with Crippen LogP contribution >= 0.6 is 0 Å². The van der Waals surface area contributed by atoms with Crippen LogP contribution in [0.5, 0.6) is 11.5 Å². The molecule has 0 spiro atoms. The lowest BCUT2D eigenvalue weighted by molar-refractivity contribution is 0.0357. The zero-order valence-corrected chi connectivity index (χ0v) is 20.8. The Bertz CT molecular complexity index is 1300. The smallest absolute Gasteiger partial charge is 0.168 e. The van der Waals surface area contributed by atoms with Gasteiger partial charge in [-0.2, -0.15) is 5.10 Å². The molecule has 5 rings (SSSR count). The van der Waals surface area contributed by atoms with Crippen molar-refractivity contribution in [2.75, 3.05) is 51.9 Å². The first-order chi connectivity index (χ1) is 17.7. The summed E-state index contributed by atoms with van der Waals surface area (Å²) in [4.78, 5) is 11.4. The molecule has 1 aliphatic heterocycles. The van der Waals surface area contributed by atoms with Gasteiger partial charge in [0.2, 0.25) is 0 Å². The van der Waals surface area contributed by atoms with Crippen molar-refractivity contribution in [1.29, 1.82) is 0 Å². The van der Waals surface area contributed by atoms with E-state index in [4.69, 9.17) is 14.2 Å². The van der Waals surface area contributed by atoms with Gasteiger partial charge >= 0.3 is 0 Å². The van der Waals surface area contributed by atoms with Crippen LogP contribution in [-0.2, 0) is 11.3 Å². The van der Waals surface area contributed by atoms with E-state index in [9.17, 15) is 0 Å². The summed E-state index contributed by atoms with van der Waals surface area (Å²) in [6.45, 7) is 7.89. The summed E-state index contributed by atoms with van der Waals surface area (Å²) >= 11 is 0.